The second kappa shape index (κ2) is 8.08. The lowest BCUT2D eigenvalue weighted by molar-refractivity contribution is -0.143. The minimum Gasteiger partial charge on any atom is -0.370 e. The molecule has 2 fully saturated rings. The van der Waals surface area contributed by atoms with Gasteiger partial charge in [0.1, 0.15) is 6.10 Å². The van der Waals surface area contributed by atoms with Gasteiger partial charge in [-0.25, -0.2) is 0 Å². The zero-order valence-electron chi connectivity index (χ0n) is 11.8. The van der Waals surface area contributed by atoms with Crippen molar-refractivity contribution in [3.63, 3.8) is 0 Å². The Morgan fingerprint density at radius 2 is 1.95 bits per heavy atom. The van der Waals surface area contributed by atoms with E-state index in [4.69, 9.17) is 10.5 Å². The van der Waals surface area contributed by atoms with Crippen LogP contribution in [0.1, 0.15) is 44.9 Å². The molecule has 2 atom stereocenters. The summed E-state index contributed by atoms with van der Waals surface area (Å²) >= 11 is 0. The number of methoxy groups -OCH3 is 1. The highest BCUT2D eigenvalue weighted by Gasteiger charge is 2.37. The van der Waals surface area contributed by atoms with Crippen molar-refractivity contribution >= 4 is 18.3 Å². The van der Waals surface area contributed by atoms with Crippen molar-refractivity contribution in [1.82, 2.24) is 4.90 Å². The number of hydrogen-bond donors (Lipinski definition) is 1. The van der Waals surface area contributed by atoms with Crippen LogP contribution in [0.25, 0.3) is 0 Å². The van der Waals surface area contributed by atoms with Crippen LogP contribution in [0.2, 0.25) is 0 Å². The molecule has 2 rings (SSSR count). The van der Waals surface area contributed by atoms with Crippen molar-refractivity contribution < 1.29 is 9.53 Å². The third-order valence-electron chi connectivity index (χ3n) is 4.55. The summed E-state index contributed by atoms with van der Waals surface area (Å²) < 4.78 is 5.19. The van der Waals surface area contributed by atoms with Gasteiger partial charge in [0.15, 0.2) is 0 Å². The number of likely N-dealkylation sites (tertiary alicyclic amines) is 1. The molecule has 1 aliphatic heterocycles. The monoisotopic (exact) mass is 290 g/mol. The summed E-state index contributed by atoms with van der Waals surface area (Å²) in [7, 11) is 1.57. The van der Waals surface area contributed by atoms with Gasteiger partial charge in [0.25, 0.3) is 5.91 Å². The Morgan fingerprint density at radius 3 is 2.53 bits per heavy atom. The second-order valence-corrected chi connectivity index (χ2v) is 5.60. The number of halogens is 1. The van der Waals surface area contributed by atoms with Crippen LogP contribution in [0.3, 0.4) is 0 Å². The zero-order valence-corrected chi connectivity index (χ0v) is 12.7. The molecule has 1 aliphatic carbocycles. The fourth-order valence-corrected chi connectivity index (χ4v) is 3.56. The van der Waals surface area contributed by atoms with Crippen LogP contribution >= 0.6 is 12.4 Å². The van der Waals surface area contributed by atoms with Crippen LogP contribution in [-0.2, 0) is 9.53 Å². The second-order valence-electron chi connectivity index (χ2n) is 5.60. The fourth-order valence-electron chi connectivity index (χ4n) is 3.56. The van der Waals surface area contributed by atoms with Gasteiger partial charge in [-0.05, 0) is 31.6 Å². The third kappa shape index (κ3) is 3.83. The van der Waals surface area contributed by atoms with Gasteiger partial charge in [0.2, 0.25) is 0 Å². The predicted molar refractivity (Wildman–Crippen MR) is 78.4 cm³/mol. The van der Waals surface area contributed by atoms with E-state index in [1.807, 2.05) is 0 Å². The van der Waals surface area contributed by atoms with E-state index in [0.717, 1.165) is 19.4 Å². The van der Waals surface area contributed by atoms with Crippen LogP contribution < -0.4 is 5.73 Å². The van der Waals surface area contributed by atoms with Crippen molar-refractivity contribution in [1.29, 1.82) is 0 Å². The number of ether oxygens (including phenoxy) is 1. The summed E-state index contributed by atoms with van der Waals surface area (Å²) in [4.78, 5) is 14.4. The van der Waals surface area contributed by atoms with Crippen LogP contribution in [0, 0.1) is 5.92 Å². The van der Waals surface area contributed by atoms with Crippen LogP contribution in [0.4, 0.5) is 0 Å². The summed E-state index contributed by atoms with van der Waals surface area (Å²) in [5, 5.41) is 0. The number of carbonyl (C=O) groups is 1. The Morgan fingerprint density at radius 1 is 1.26 bits per heavy atom. The van der Waals surface area contributed by atoms with E-state index in [1.165, 1.54) is 32.1 Å². The predicted octanol–water partition coefficient (Wildman–Crippen LogP) is 1.95. The van der Waals surface area contributed by atoms with E-state index in [1.54, 1.807) is 7.11 Å². The lowest BCUT2D eigenvalue weighted by atomic mass is 9.83. The van der Waals surface area contributed by atoms with E-state index >= 15 is 0 Å². The van der Waals surface area contributed by atoms with Gasteiger partial charge < -0.3 is 15.4 Å². The Balaban J connectivity index is 0.00000180. The average Bonchev–Trinajstić information content (AvgIpc) is 2.90. The molecule has 2 unspecified atom stereocenters. The Bertz CT molecular complexity index is 279. The Labute approximate surface area is 122 Å². The summed E-state index contributed by atoms with van der Waals surface area (Å²) in [5.41, 5.74) is 5.60. The molecule has 112 valence electrons. The van der Waals surface area contributed by atoms with Crippen molar-refractivity contribution in [2.75, 3.05) is 20.2 Å². The number of carbonyl (C=O) groups excluding carboxylic acids is 1. The maximum Gasteiger partial charge on any atom is 0.253 e. The first kappa shape index (κ1) is 16.7. The first-order valence-corrected chi connectivity index (χ1v) is 7.31. The number of rotatable bonds is 4. The molecule has 1 saturated carbocycles. The molecule has 2 aliphatic rings. The maximum absolute atomic E-state index is 12.4. The highest BCUT2D eigenvalue weighted by atomic mass is 35.5. The minimum absolute atomic E-state index is 0. The Kier molecular flexibility index (Phi) is 7.11. The minimum atomic E-state index is -0.450. The van der Waals surface area contributed by atoms with Crippen molar-refractivity contribution in [3.8, 4) is 0 Å². The third-order valence-corrected chi connectivity index (χ3v) is 4.55. The topological polar surface area (TPSA) is 55.6 Å². The van der Waals surface area contributed by atoms with Crippen LogP contribution in [-0.4, -0.2) is 43.2 Å². The lowest BCUT2D eigenvalue weighted by Crippen LogP contribution is -2.48. The van der Waals surface area contributed by atoms with Gasteiger partial charge in [0, 0.05) is 26.2 Å². The molecule has 0 bridgehead atoms. The number of amides is 1. The highest BCUT2D eigenvalue weighted by Crippen LogP contribution is 2.34. The van der Waals surface area contributed by atoms with Crippen LogP contribution in [0.15, 0.2) is 0 Å². The van der Waals surface area contributed by atoms with E-state index in [9.17, 15) is 4.79 Å². The van der Waals surface area contributed by atoms with Gasteiger partial charge in [-0.1, -0.05) is 19.3 Å². The first-order chi connectivity index (χ1) is 8.77. The molecule has 0 spiro atoms. The van der Waals surface area contributed by atoms with Gasteiger partial charge in [0.05, 0.1) is 0 Å². The molecule has 1 heterocycles. The number of hydrogen-bond acceptors (Lipinski definition) is 3. The number of nitrogens with two attached hydrogens (primary N) is 1. The van der Waals surface area contributed by atoms with Crippen molar-refractivity contribution in [2.45, 2.75) is 57.1 Å². The van der Waals surface area contributed by atoms with Gasteiger partial charge in [-0.2, -0.15) is 0 Å². The molecule has 5 heteroatoms. The SMILES string of the molecule is COC(CN)C(=O)N1CCCC1C1CCCCC1.Cl. The lowest BCUT2D eigenvalue weighted by Gasteiger charge is -2.35. The fraction of sp³-hybridized carbons (Fsp3) is 0.929. The highest BCUT2D eigenvalue weighted by molar-refractivity contribution is 5.85. The summed E-state index contributed by atoms with van der Waals surface area (Å²) in [5.74, 6) is 0.813. The maximum atomic E-state index is 12.4. The largest absolute Gasteiger partial charge is 0.370 e. The van der Waals surface area contributed by atoms with Crippen molar-refractivity contribution in [2.24, 2.45) is 11.7 Å². The van der Waals surface area contributed by atoms with Crippen molar-refractivity contribution in [3.05, 3.63) is 0 Å². The normalized spacial score (nSPS) is 26.0. The molecule has 0 aromatic heterocycles. The number of nitrogens with zero attached hydrogens (tertiary/aromatic N) is 1. The molecular formula is C14H27ClN2O2. The van der Waals surface area contributed by atoms with E-state index < -0.39 is 6.10 Å². The standard InChI is InChI=1S/C14H26N2O2.ClH/c1-18-13(10-15)14(17)16-9-5-8-12(16)11-6-3-2-4-7-11;/h11-13H,2-10,15H2,1H3;1H. The van der Waals surface area contributed by atoms with E-state index in [-0.39, 0.29) is 24.9 Å². The van der Waals surface area contributed by atoms with E-state index in [2.05, 4.69) is 4.90 Å². The zero-order chi connectivity index (χ0) is 13.0. The molecule has 0 radical (unpaired) electrons. The molecule has 0 aromatic carbocycles. The first-order valence-electron chi connectivity index (χ1n) is 7.31. The quantitative estimate of drug-likeness (QED) is 0.861. The summed E-state index contributed by atoms with van der Waals surface area (Å²) in [6.07, 6.45) is 8.44. The molecule has 4 nitrogen and oxygen atoms in total. The Hall–Kier alpha value is -0.320. The van der Waals surface area contributed by atoms with E-state index in [0.29, 0.717) is 12.0 Å². The molecule has 2 N–H and O–H groups in total. The summed E-state index contributed by atoms with van der Waals surface area (Å²) in [6, 6.07) is 0.446. The molecular weight excluding hydrogens is 264 g/mol. The van der Waals surface area contributed by atoms with Gasteiger partial charge >= 0.3 is 0 Å². The molecule has 0 aromatic rings. The molecule has 19 heavy (non-hydrogen) atoms. The molecule has 1 amide bonds. The summed E-state index contributed by atoms with van der Waals surface area (Å²) in [6.45, 7) is 1.17. The average molecular weight is 291 g/mol. The van der Waals surface area contributed by atoms with Gasteiger partial charge in [-0.15, -0.1) is 12.4 Å². The smallest absolute Gasteiger partial charge is 0.253 e. The van der Waals surface area contributed by atoms with Crippen LogP contribution in [0.5, 0.6) is 0 Å². The van der Waals surface area contributed by atoms with Gasteiger partial charge in [-0.3, -0.25) is 4.79 Å². The molecule has 1 saturated heterocycles.